The highest BCUT2D eigenvalue weighted by molar-refractivity contribution is 5.25. The summed E-state index contributed by atoms with van der Waals surface area (Å²) in [5.74, 6) is 6.74. The van der Waals surface area contributed by atoms with Crippen molar-refractivity contribution in [3.63, 3.8) is 0 Å². The van der Waals surface area contributed by atoms with E-state index in [1.165, 1.54) is 7.11 Å². The summed E-state index contributed by atoms with van der Waals surface area (Å²) in [7, 11) is 4.75. The zero-order valence-electron chi connectivity index (χ0n) is 11.8. The van der Waals surface area contributed by atoms with Gasteiger partial charge in [0.05, 0.1) is 26.5 Å². The molecule has 7 heteroatoms. The van der Waals surface area contributed by atoms with Crippen LogP contribution < -0.4 is 20.7 Å². The monoisotopic (exact) mass is 270 g/mol. The molecule has 0 aliphatic carbocycles. The van der Waals surface area contributed by atoms with Gasteiger partial charge in [-0.05, 0) is 12.3 Å². The molecule has 0 aliphatic rings. The van der Waals surface area contributed by atoms with Gasteiger partial charge in [-0.3, -0.25) is 11.3 Å². The van der Waals surface area contributed by atoms with E-state index in [2.05, 4.69) is 22.3 Å². The van der Waals surface area contributed by atoms with Crippen molar-refractivity contribution in [1.29, 1.82) is 0 Å². The van der Waals surface area contributed by atoms with E-state index in [9.17, 15) is 0 Å². The van der Waals surface area contributed by atoms with Crippen molar-refractivity contribution in [2.45, 2.75) is 19.4 Å². The van der Waals surface area contributed by atoms with E-state index in [0.717, 1.165) is 6.42 Å². The summed E-state index contributed by atoms with van der Waals surface area (Å²) < 4.78 is 15.4. The zero-order valence-corrected chi connectivity index (χ0v) is 11.8. The van der Waals surface area contributed by atoms with Gasteiger partial charge in [0.15, 0.2) is 0 Å². The molecule has 1 aromatic rings. The molecule has 0 saturated heterocycles. The number of hydrazine groups is 1. The summed E-state index contributed by atoms with van der Waals surface area (Å²) in [6.07, 6.45) is 2.31. The zero-order chi connectivity index (χ0) is 14.3. The maximum absolute atomic E-state index is 5.60. The molecule has 0 radical (unpaired) electrons. The summed E-state index contributed by atoms with van der Waals surface area (Å²) in [6, 6.07) is -0.154. The van der Waals surface area contributed by atoms with Crippen LogP contribution in [0, 0.1) is 5.92 Å². The highest BCUT2D eigenvalue weighted by Gasteiger charge is 2.21. The molecule has 0 amide bonds. The number of methoxy groups -OCH3 is 3. The van der Waals surface area contributed by atoms with Crippen molar-refractivity contribution in [2.75, 3.05) is 27.9 Å². The Morgan fingerprint density at radius 1 is 1.32 bits per heavy atom. The summed E-state index contributed by atoms with van der Waals surface area (Å²) >= 11 is 0. The number of nitrogens with one attached hydrogen (secondary N) is 1. The number of hydrogen-bond donors (Lipinski definition) is 2. The van der Waals surface area contributed by atoms with Crippen LogP contribution in [0.25, 0.3) is 0 Å². The Balaban J connectivity index is 2.90. The van der Waals surface area contributed by atoms with Crippen LogP contribution in [-0.2, 0) is 4.74 Å². The van der Waals surface area contributed by atoms with Crippen LogP contribution in [0.3, 0.4) is 0 Å². The molecule has 3 N–H and O–H groups in total. The second-order valence-corrected chi connectivity index (χ2v) is 4.32. The minimum atomic E-state index is -0.154. The lowest BCUT2D eigenvalue weighted by atomic mass is 10.0. The van der Waals surface area contributed by atoms with Gasteiger partial charge in [-0.15, -0.1) is 0 Å². The van der Waals surface area contributed by atoms with Crippen molar-refractivity contribution in [3.8, 4) is 11.8 Å². The summed E-state index contributed by atoms with van der Waals surface area (Å²) in [4.78, 5) is 8.51. The Hall–Kier alpha value is -1.44. The summed E-state index contributed by atoms with van der Waals surface area (Å²) in [6.45, 7) is 2.74. The van der Waals surface area contributed by atoms with E-state index >= 15 is 0 Å². The minimum absolute atomic E-state index is 0.154. The van der Waals surface area contributed by atoms with Gasteiger partial charge in [-0.25, -0.2) is 4.98 Å². The Morgan fingerprint density at radius 2 is 2.05 bits per heavy atom. The van der Waals surface area contributed by atoms with Crippen molar-refractivity contribution < 1.29 is 14.2 Å². The molecule has 0 bridgehead atoms. The lowest BCUT2D eigenvalue weighted by molar-refractivity contribution is 0.148. The molecule has 7 nitrogen and oxygen atoms in total. The molecule has 0 fully saturated rings. The van der Waals surface area contributed by atoms with Crippen LogP contribution in [0.5, 0.6) is 11.8 Å². The third kappa shape index (κ3) is 4.30. The average Bonchev–Trinajstić information content (AvgIpc) is 2.44. The molecule has 108 valence electrons. The minimum Gasteiger partial charge on any atom is -0.480 e. The van der Waals surface area contributed by atoms with Crippen LogP contribution in [0.4, 0.5) is 0 Å². The molecular formula is C12H22N4O3. The van der Waals surface area contributed by atoms with Crippen LogP contribution in [0.1, 0.15) is 25.1 Å². The number of nitrogens with two attached hydrogens (primary N) is 1. The van der Waals surface area contributed by atoms with Gasteiger partial charge in [-0.2, -0.15) is 4.98 Å². The molecule has 0 aliphatic heterocycles. The number of aromatic nitrogens is 2. The molecule has 0 spiro atoms. The highest BCUT2D eigenvalue weighted by Crippen LogP contribution is 2.27. The van der Waals surface area contributed by atoms with Gasteiger partial charge in [0, 0.05) is 13.7 Å². The fourth-order valence-electron chi connectivity index (χ4n) is 1.87. The van der Waals surface area contributed by atoms with Gasteiger partial charge in [0.25, 0.3) is 0 Å². The lowest BCUT2D eigenvalue weighted by Crippen LogP contribution is -2.31. The first kappa shape index (κ1) is 15.6. The molecule has 19 heavy (non-hydrogen) atoms. The standard InChI is InChI=1S/C12H22N4O3/c1-8(7-17-2)5-9(16-13)11-12(19-4)15-10(18-3)6-14-11/h6,8-9,16H,5,7,13H2,1-4H3. The maximum Gasteiger partial charge on any atom is 0.240 e. The molecule has 1 heterocycles. The van der Waals surface area contributed by atoms with Crippen LogP contribution in [0.15, 0.2) is 6.20 Å². The smallest absolute Gasteiger partial charge is 0.240 e. The van der Waals surface area contributed by atoms with E-state index in [1.54, 1.807) is 20.4 Å². The number of hydrogen-bond acceptors (Lipinski definition) is 7. The van der Waals surface area contributed by atoms with Crippen molar-refractivity contribution in [2.24, 2.45) is 11.8 Å². The molecule has 0 aromatic carbocycles. The van der Waals surface area contributed by atoms with Crippen LogP contribution >= 0.6 is 0 Å². The van der Waals surface area contributed by atoms with Gasteiger partial charge in [0.2, 0.25) is 11.8 Å². The van der Waals surface area contributed by atoms with Crippen molar-refractivity contribution >= 4 is 0 Å². The van der Waals surface area contributed by atoms with Gasteiger partial charge < -0.3 is 14.2 Å². The van der Waals surface area contributed by atoms with Gasteiger partial charge in [0.1, 0.15) is 5.69 Å². The quantitative estimate of drug-likeness (QED) is 0.530. The van der Waals surface area contributed by atoms with E-state index < -0.39 is 0 Å². The van der Waals surface area contributed by atoms with E-state index in [-0.39, 0.29) is 6.04 Å². The predicted molar refractivity (Wildman–Crippen MR) is 70.9 cm³/mol. The lowest BCUT2D eigenvalue weighted by Gasteiger charge is -2.20. The van der Waals surface area contributed by atoms with Crippen molar-refractivity contribution in [1.82, 2.24) is 15.4 Å². The SMILES string of the molecule is COCC(C)CC(NN)c1ncc(OC)nc1OC. The van der Waals surface area contributed by atoms with Crippen LogP contribution in [0.2, 0.25) is 0 Å². The Labute approximate surface area is 113 Å². The number of rotatable bonds is 8. The third-order valence-electron chi connectivity index (χ3n) is 2.77. The molecule has 2 unspecified atom stereocenters. The molecule has 1 aromatic heterocycles. The van der Waals surface area contributed by atoms with Crippen molar-refractivity contribution in [3.05, 3.63) is 11.9 Å². The second kappa shape index (κ2) is 7.88. The fraction of sp³-hybridized carbons (Fsp3) is 0.667. The van der Waals surface area contributed by atoms with E-state index in [1.807, 2.05) is 0 Å². The van der Waals surface area contributed by atoms with E-state index in [4.69, 9.17) is 20.1 Å². The number of ether oxygens (including phenoxy) is 3. The van der Waals surface area contributed by atoms with E-state index in [0.29, 0.717) is 30.0 Å². The largest absolute Gasteiger partial charge is 0.480 e. The molecule has 2 atom stereocenters. The van der Waals surface area contributed by atoms with Gasteiger partial charge >= 0.3 is 0 Å². The number of nitrogens with zero attached hydrogens (tertiary/aromatic N) is 2. The fourth-order valence-corrected chi connectivity index (χ4v) is 1.87. The summed E-state index contributed by atoms with van der Waals surface area (Å²) in [5, 5.41) is 0. The first-order valence-electron chi connectivity index (χ1n) is 6.06. The molecular weight excluding hydrogens is 248 g/mol. The Morgan fingerprint density at radius 3 is 2.58 bits per heavy atom. The predicted octanol–water partition coefficient (Wildman–Crippen LogP) is 0.671. The second-order valence-electron chi connectivity index (χ2n) is 4.32. The Kier molecular flexibility index (Phi) is 6.48. The third-order valence-corrected chi connectivity index (χ3v) is 2.77. The maximum atomic E-state index is 5.60. The first-order valence-corrected chi connectivity index (χ1v) is 6.06. The summed E-state index contributed by atoms with van der Waals surface area (Å²) in [5.41, 5.74) is 3.40. The van der Waals surface area contributed by atoms with Gasteiger partial charge in [-0.1, -0.05) is 6.92 Å². The first-order chi connectivity index (χ1) is 9.15. The normalized spacial score (nSPS) is 13.9. The highest BCUT2D eigenvalue weighted by atomic mass is 16.5. The topological polar surface area (TPSA) is 91.5 Å². The van der Waals surface area contributed by atoms with Crippen LogP contribution in [-0.4, -0.2) is 37.9 Å². The molecule has 0 saturated carbocycles. The average molecular weight is 270 g/mol. The Bertz CT molecular complexity index is 389. The molecule has 1 rings (SSSR count).